The number of benzene rings is 1. The Hall–Kier alpha value is -3.78. The van der Waals surface area contributed by atoms with Crippen LogP contribution in [0.4, 0.5) is 13.2 Å². The molecule has 0 aliphatic carbocycles. The van der Waals surface area contributed by atoms with Crippen molar-refractivity contribution in [2.75, 3.05) is 32.8 Å². The fourth-order valence-corrected chi connectivity index (χ4v) is 6.70. The molecule has 1 amide bonds. The lowest BCUT2D eigenvalue weighted by atomic mass is 9.86. The summed E-state index contributed by atoms with van der Waals surface area (Å²) in [4.78, 5) is 50.0. The third-order valence-electron chi connectivity index (χ3n) is 8.58. The molecule has 2 saturated heterocycles. The van der Waals surface area contributed by atoms with Gasteiger partial charge in [-0.3, -0.25) is 19.5 Å². The first-order valence-corrected chi connectivity index (χ1v) is 15.2. The van der Waals surface area contributed by atoms with Gasteiger partial charge in [0.15, 0.2) is 10.8 Å². The Labute approximate surface area is 256 Å². The molecule has 10 nitrogen and oxygen atoms in total. The Kier molecular flexibility index (Phi) is 8.60. The maximum Gasteiger partial charge on any atom is 0.338 e. The van der Waals surface area contributed by atoms with E-state index in [4.69, 9.17) is 9.73 Å². The van der Waals surface area contributed by atoms with E-state index in [9.17, 15) is 23.9 Å². The molecule has 44 heavy (non-hydrogen) atoms. The van der Waals surface area contributed by atoms with Crippen molar-refractivity contribution in [1.29, 1.82) is 0 Å². The topological polar surface area (TPSA) is 124 Å². The van der Waals surface area contributed by atoms with E-state index < -0.39 is 59.5 Å². The molecule has 4 heterocycles. The van der Waals surface area contributed by atoms with E-state index in [1.54, 1.807) is 36.4 Å². The highest BCUT2D eigenvalue weighted by Gasteiger charge is 2.57. The number of amides is 1. The summed E-state index contributed by atoms with van der Waals surface area (Å²) < 4.78 is 51.3. The fraction of sp³-hybridized carbons (Fsp3) is 0.500. The van der Waals surface area contributed by atoms with Gasteiger partial charge in [0.2, 0.25) is 5.91 Å². The molecule has 0 unspecified atom stereocenters. The van der Waals surface area contributed by atoms with Gasteiger partial charge in [0.05, 0.1) is 24.6 Å². The quantitative estimate of drug-likeness (QED) is 0.333. The monoisotopic (exact) mass is 633 g/mol. The lowest BCUT2D eigenvalue weighted by molar-refractivity contribution is -0.160. The SMILES string of the molecule is CCOC(=O)C1=C(CN2CC(F)(F)[C@H]3CN(C(=O)C(C)(C)C(=O)O)CC[C@H]32)NC(c2nccs2)=N[C@H]1c1cccc(F)c1C. The summed E-state index contributed by atoms with van der Waals surface area (Å²) in [5.41, 5.74) is -0.653. The van der Waals surface area contributed by atoms with Crippen molar-refractivity contribution >= 4 is 35.0 Å². The molecule has 2 fully saturated rings. The first-order chi connectivity index (χ1) is 20.8. The fourth-order valence-electron chi connectivity index (χ4n) is 6.11. The molecule has 3 atom stereocenters. The first kappa shape index (κ1) is 31.6. The number of fused-ring (bicyclic) bond motifs is 1. The highest BCUT2D eigenvalue weighted by molar-refractivity contribution is 7.11. The van der Waals surface area contributed by atoms with Crippen LogP contribution in [0.3, 0.4) is 0 Å². The number of piperidine rings is 1. The zero-order valence-electron chi connectivity index (χ0n) is 24.8. The molecule has 1 aromatic carbocycles. The van der Waals surface area contributed by atoms with Crippen molar-refractivity contribution in [2.24, 2.45) is 16.3 Å². The van der Waals surface area contributed by atoms with Gasteiger partial charge in [0.1, 0.15) is 17.3 Å². The predicted molar refractivity (Wildman–Crippen MR) is 156 cm³/mol. The molecule has 0 spiro atoms. The minimum Gasteiger partial charge on any atom is -0.480 e. The van der Waals surface area contributed by atoms with Crippen molar-refractivity contribution in [1.82, 2.24) is 20.1 Å². The molecular weight excluding hydrogens is 599 g/mol. The van der Waals surface area contributed by atoms with Crippen LogP contribution in [0.1, 0.15) is 49.4 Å². The van der Waals surface area contributed by atoms with Gasteiger partial charge in [-0.2, -0.15) is 0 Å². The third-order valence-corrected chi connectivity index (χ3v) is 9.36. The molecule has 5 rings (SSSR count). The number of carbonyl (C=O) groups is 3. The number of aliphatic carboxylic acids is 1. The van der Waals surface area contributed by atoms with Crippen LogP contribution >= 0.6 is 11.3 Å². The Morgan fingerprint density at radius 3 is 2.68 bits per heavy atom. The summed E-state index contributed by atoms with van der Waals surface area (Å²) in [6.07, 6.45) is 1.77. The second-order valence-corrected chi connectivity index (χ2v) is 12.6. The van der Waals surface area contributed by atoms with Crippen molar-refractivity contribution in [3.63, 3.8) is 0 Å². The summed E-state index contributed by atoms with van der Waals surface area (Å²) in [5, 5.41) is 14.9. The summed E-state index contributed by atoms with van der Waals surface area (Å²) in [7, 11) is 0. The van der Waals surface area contributed by atoms with Gasteiger partial charge in [-0.15, -0.1) is 11.3 Å². The maximum atomic E-state index is 15.6. The number of halogens is 3. The van der Waals surface area contributed by atoms with Crippen molar-refractivity contribution < 1.29 is 37.4 Å². The number of rotatable bonds is 8. The number of amidine groups is 1. The normalized spacial score (nSPS) is 23.6. The number of esters is 1. The second kappa shape index (κ2) is 12.0. The van der Waals surface area contributed by atoms with Gasteiger partial charge in [-0.05, 0) is 51.3 Å². The van der Waals surface area contributed by atoms with E-state index in [1.807, 2.05) is 0 Å². The molecule has 236 valence electrons. The lowest BCUT2D eigenvalue weighted by Crippen LogP contribution is -2.55. The standard InChI is InChI=1S/C30H34F3N5O5S/c1-5-43-26(39)22-20(35-24(25-34-10-12-44-25)36-23(22)17-7-6-8-19(31)16(17)2)14-38-15-30(32,33)18-13-37(11-9-21(18)38)27(40)29(3,4)28(41)42/h6-8,10,12,18,21,23H,5,9,11,13-15H2,1-4H3,(H,35,36)(H,41,42)/t18-,21+,23-/m0/s1. The van der Waals surface area contributed by atoms with Gasteiger partial charge >= 0.3 is 11.9 Å². The average molecular weight is 634 g/mol. The third kappa shape index (κ3) is 5.72. The predicted octanol–water partition coefficient (Wildman–Crippen LogP) is 3.78. The van der Waals surface area contributed by atoms with Crippen molar-refractivity contribution in [3.05, 3.63) is 63.0 Å². The maximum absolute atomic E-state index is 15.6. The van der Waals surface area contributed by atoms with Crippen LogP contribution in [-0.2, 0) is 19.1 Å². The Bertz CT molecular complexity index is 1530. The van der Waals surface area contributed by atoms with Gasteiger partial charge in [-0.25, -0.2) is 22.9 Å². The molecule has 2 N–H and O–H groups in total. The number of carboxylic acids is 1. The van der Waals surface area contributed by atoms with Crippen LogP contribution in [0, 0.1) is 24.1 Å². The number of thiazole rings is 1. The zero-order chi connectivity index (χ0) is 32.0. The Balaban J connectivity index is 1.52. The molecule has 3 aliphatic heterocycles. The number of nitrogens with zero attached hydrogens (tertiary/aromatic N) is 4. The molecule has 0 radical (unpaired) electrons. The largest absolute Gasteiger partial charge is 0.480 e. The molecule has 14 heteroatoms. The second-order valence-electron chi connectivity index (χ2n) is 11.7. The highest BCUT2D eigenvalue weighted by atomic mass is 32.1. The van der Waals surface area contributed by atoms with Gasteiger partial charge in [-0.1, -0.05) is 12.1 Å². The van der Waals surface area contributed by atoms with Crippen LogP contribution in [0.5, 0.6) is 0 Å². The van der Waals surface area contributed by atoms with E-state index in [0.717, 1.165) is 0 Å². The number of hydrogen-bond donors (Lipinski definition) is 2. The molecule has 0 bridgehead atoms. The van der Waals surface area contributed by atoms with Gasteiger partial charge in [0.25, 0.3) is 5.92 Å². The Morgan fingerprint density at radius 1 is 1.27 bits per heavy atom. The number of carbonyl (C=O) groups excluding carboxylic acids is 2. The number of nitrogens with one attached hydrogen (secondary N) is 1. The van der Waals surface area contributed by atoms with E-state index in [2.05, 4.69) is 10.3 Å². The number of aliphatic imine (C=N–C) groups is 1. The van der Waals surface area contributed by atoms with Crippen molar-refractivity contribution in [3.8, 4) is 0 Å². The molecule has 0 saturated carbocycles. The highest BCUT2D eigenvalue weighted by Crippen LogP contribution is 2.44. The van der Waals surface area contributed by atoms with Crippen molar-refractivity contribution in [2.45, 2.75) is 52.1 Å². The minimum absolute atomic E-state index is 0.0521. The number of hydrogen-bond acceptors (Lipinski definition) is 9. The number of carboxylic acid groups (broad SMARTS) is 1. The summed E-state index contributed by atoms with van der Waals surface area (Å²) in [6.45, 7) is 4.88. The van der Waals surface area contributed by atoms with Crippen LogP contribution < -0.4 is 5.32 Å². The van der Waals surface area contributed by atoms with E-state index >= 15 is 8.78 Å². The summed E-state index contributed by atoms with van der Waals surface area (Å²) >= 11 is 1.29. The molecule has 2 aromatic rings. The smallest absolute Gasteiger partial charge is 0.338 e. The molecular formula is C30H34F3N5O5S. The zero-order valence-corrected chi connectivity index (χ0v) is 25.6. The van der Waals surface area contributed by atoms with E-state index in [1.165, 1.54) is 42.2 Å². The number of aromatic nitrogens is 1. The van der Waals surface area contributed by atoms with Crippen LogP contribution in [0.15, 0.2) is 46.0 Å². The summed E-state index contributed by atoms with van der Waals surface area (Å²) in [6, 6.07) is 2.85. The average Bonchev–Trinajstić information content (AvgIpc) is 3.60. The summed E-state index contributed by atoms with van der Waals surface area (Å²) in [5.74, 6) is -7.34. The van der Waals surface area contributed by atoms with E-state index in [-0.39, 0.29) is 43.8 Å². The van der Waals surface area contributed by atoms with Gasteiger partial charge in [0, 0.05) is 43.0 Å². The van der Waals surface area contributed by atoms with Gasteiger partial charge < -0.3 is 20.1 Å². The molecule has 3 aliphatic rings. The van der Waals surface area contributed by atoms with Crippen LogP contribution in [0.25, 0.3) is 0 Å². The van der Waals surface area contributed by atoms with Crippen LogP contribution in [-0.4, -0.2) is 88.3 Å². The first-order valence-electron chi connectivity index (χ1n) is 14.3. The minimum atomic E-state index is -3.19. The van der Waals surface area contributed by atoms with Crippen LogP contribution in [0.2, 0.25) is 0 Å². The van der Waals surface area contributed by atoms with E-state index in [0.29, 0.717) is 22.1 Å². The number of likely N-dealkylation sites (tertiary alicyclic amines) is 2. The number of ether oxygens (including phenoxy) is 1. The lowest BCUT2D eigenvalue weighted by Gasteiger charge is -2.40. The Morgan fingerprint density at radius 2 is 2.02 bits per heavy atom. The molecule has 1 aromatic heterocycles. The number of alkyl halides is 2.